The average Bonchev–Trinajstić information content (AvgIpc) is 3.57. The number of aromatic nitrogens is 6. The third-order valence-corrected chi connectivity index (χ3v) is 8.09. The number of imidazole rings is 2. The van der Waals surface area contributed by atoms with Crippen LogP contribution in [-0.4, -0.2) is 29.1 Å². The van der Waals surface area contributed by atoms with Crippen LogP contribution in [-0.2, 0) is 14.1 Å². The third-order valence-electron chi connectivity index (χ3n) is 8.09. The van der Waals surface area contributed by atoms with Crippen molar-refractivity contribution in [2.75, 3.05) is 0 Å². The molecular weight excluding hydrogens is 516 g/mol. The van der Waals surface area contributed by atoms with Crippen molar-refractivity contribution in [2.45, 2.75) is 0 Å². The summed E-state index contributed by atoms with van der Waals surface area (Å²) in [6.07, 6.45) is 3.90. The second-order valence-electron chi connectivity index (χ2n) is 10.5. The molecule has 0 saturated heterocycles. The van der Waals surface area contributed by atoms with Gasteiger partial charge in [-0.05, 0) is 58.3 Å². The molecule has 0 N–H and O–H groups in total. The molecule has 4 aromatic carbocycles. The molecule has 0 bridgehead atoms. The van der Waals surface area contributed by atoms with Gasteiger partial charge in [0.2, 0.25) is 0 Å². The predicted octanol–water partition coefficient (Wildman–Crippen LogP) is 8.07. The fraction of sp³-hybridized carbons (Fsp3) is 0.0556. The monoisotopic (exact) mass is 542 g/mol. The molecule has 0 aliphatic heterocycles. The summed E-state index contributed by atoms with van der Waals surface area (Å²) in [7, 11) is 4.07. The summed E-state index contributed by atoms with van der Waals surface area (Å²) >= 11 is 0. The van der Waals surface area contributed by atoms with Gasteiger partial charge in [-0.3, -0.25) is 9.97 Å². The molecule has 6 nitrogen and oxygen atoms in total. The number of aryl methyl sites for hydroxylation is 2. The van der Waals surface area contributed by atoms with Crippen LogP contribution in [0.25, 0.3) is 78.1 Å². The van der Waals surface area contributed by atoms with Crippen LogP contribution < -0.4 is 0 Å². The van der Waals surface area contributed by atoms with E-state index in [2.05, 4.69) is 81.9 Å². The number of rotatable bonds is 4. The van der Waals surface area contributed by atoms with E-state index in [0.29, 0.717) is 0 Å². The van der Waals surface area contributed by atoms with E-state index in [0.717, 1.165) is 67.4 Å². The van der Waals surface area contributed by atoms with E-state index in [1.807, 2.05) is 62.9 Å². The standard InChI is InChI=1S/C36H26N6/c1-41-32-15-5-3-13-28(32)39-35(41)30-19-17-24(21-37-30)26-11-7-9-23-10-8-12-27(34(23)26)25-18-20-31(38-22-25)36-40-29-14-4-6-16-33(29)42(36)2/h3-22H,1-2H3. The summed E-state index contributed by atoms with van der Waals surface area (Å²) in [5.74, 6) is 1.71. The minimum absolute atomic E-state index is 0.847. The maximum Gasteiger partial charge on any atom is 0.159 e. The van der Waals surface area contributed by atoms with Gasteiger partial charge in [-0.2, -0.15) is 0 Å². The molecule has 4 aromatic heterocycles. The van der Waals surface area contributed by atoms with Crippen molar-refractivity contribution in [3.8, 4) is 45.3 Å². The minimum atomic E-state index is 0.847. The zero-order chi connectivity index (χ0) is 28.2. The lowest BCUT2D eigenvalue weighted by Gasteiger charge is -2.13. The number of hydrogen-bond donors (Lipinski definition) is 0. The van der Waals surface area contributed by atoms with E-state index >= 15 is 0 Å². The van der Waals surface area contributed by atoms with Gasteiger partial charge >= 0.3 is 0 Å². The molecular formula is C36H26N6. The number of nitrogens with zero attached hydrogens (tertiary/aromatic N) is 6. The van der Waals surface area contributed by atoms with Crippen molar-refractivity contribution >= 4 is 32.8 Å². The van der Waals surface area contributed by atoms with Crippen molar-refractivity contribution in [2.24, 2.45) is 14.1 Å². The molecule has 4 heterocycles. The fourth-order valence-electron chi connectivity index (χ4n) is 5.94. The van der Waals surface area contributed by atoms with Gasteiger partial charge in [0.25, 0.3) is 0 Å². The van der Waals surface area contributed by atoms with E-state index in [9.17, 15) is 0 Å². The summed E-state index contributed by atoms with van der Waals surface area (Å²) in [5, 5.41) is 2.35. The first-order chi connectivity index (χ1) is 20.7. The van der Waals surface area contributed by atoms with E-state index in [1.165, 1.54) is 10.8 Å². The van der Waals surface area contributed by atoms with Crippen LogP contribution in [0.5, 0.6) is 0 Å². The molecule has 42 heavy (non-hydrogen) atoms. The number of fused-ring (bicyclic) bond motifs is 3. The van der Waals surface area contributed by atoms with Crippen LogP contribution in [0.2, 0.25) is 0 Å². The first kappa shape index (κ1) is 24.2. The van der Waals surface area contributed by atoms with Gasteiger partial charge in [0.05, 0.1) is 22.1 Å². The highest BCUT2D eigenvalue weighted by Crippen LogP contribution is 2.37. The summed E-state index contributed by atoms with van der Waals surface area (Å²) in [4.78, 5) is 19.4. The molecule has 0 atom stereocenters. The highest BCUT2D eigenvalue weighted by molar-refractivity contribution is 6.06. The van der Waals surface area contributed by atoms with Crippen LogP contribution in [0, 0.1) is 0 Å². The van der Waals surface area contributed by atoms with Gasteiger partial charge in [0.15, 0.2) is 11.6 Å². The van der Waals surface area contributed by atoms with Gasteiger partial charge in [0.1, 0.15) is 11.4 Å². The number of benzene rings is 4. The van der Waals surface area contributed by atoms with E-state index in [-0.39, 0.29) is 0 Å². The maximum atomic E-state index is 4.86. The Morgan fingerprint density at radius 3 is 1.38 bits per heavy atom. The van der Waals surface area contributed by atoms with Crippen LogP contribution in [0.4, 0.5) is 0 Å². The lowest BCUT2D eigenvalue weighted by Crippen LogP contribution is -1.95. The molecule has 0 saturated carbocycles. The Balaban J connectivity index is 1.20. The third kappa shape index (κ3) is 3.80. The molecule has 8 rings (SSSR count). The summed E-state index contributed by atoms with van der Waals surface area (Å²) in [6, 6.07) is 37.6. The molecule has 0 aliphatic carbocycles. The molecule has 0 amide bonds. The van der Waals surface area contributed by atoms with Crippen molar-refractivity contribution in [3.63, 3.8) is 0 Å². The largest absolute Gasteiger partial charge is 0.326 e. The second kappa shape index (κ2) is 9.49. The first-order valence-corrected chi connectivity index (χ1v) is 13.9. The predicted molar refractivity (Wildman–Crippen MR) is 170 cm³/mol. The van der Waals surface area contributed by atoms with Gasteiger partial charge in [-0.1, -0.05) is 72.8 Å². The Morgan fingerprint density at radius 2 is 0.952 bits per heavy atom. The van der Waals surface area contributed by atoms with E-state index in [1.54, 1.807) is 0 Å². The molecule has 200 valence electrons. The number of hydrogen-bond acceptors (Lipinski definition) is 4. The van der Waals surface area contributed by atoms with Crippen LogP contribution in [0.3, 0.4) is 0 Å². The summed E-state index contributed by atoms with van der Waals surface area (Å²) < 4.78 is 4.19. The van der Waals surface area contributed by atoms with E-state index < -0.39 is 0 Å². The lowest BCUT2D eigenvalue weighted by molar-refractivity contribution is 0.950. The quantitative estimate of drug-likeness (QED) is 0.226. The smallest absolute Gasteiger partial charge is 0.159 e. The highest BCUT2D eigenvalue weighted by atomic mass is 15.1. The first-order valence-electron chi connectivity index (χ1n) is 13.9. The molecule has 0 aliphatic rings. The minimum Gasteiger partial charge on any atom is -0.326 e. The molecule has 6 heteroatoms. The number of para-hydroxylation sites is 4. The van der Waals surface area contributed by atoms with Crippen molar-refractivity contribution in [1.82, 2.24) is 29.1 Å². The summed E-state index contributed by atoms with van der Waals surface area (Å²) in [5.41, 5.74) is 10.2. The Bertz CT molecular complexity index is 2100. The summed E-state index contributed by atoms with van der Waals surface area (Å²) in [6.45, 7) is 0. The SMILES string of the molecule is Cn1c(-c2ccc(-c3cccc4cccc(-c5ccc(-c6nc7ccccc7n6C)nc5)c34)cn2)nc2ccccc21. The van der Waals surface area contributed by atoms with Gasteiger partial charge in [-0.25, -0.2) is 9.97 Å². The maximum absolute atomic E-state index is 4.86. The van der Waals surface area contributed by atoms with Crippen LogP contribution >= 0.6 is 0 Å². The second-order valence-corrected chi connectivity index (χ2v) is 10.5. The van der Waals surface area contributed by atoms with Crippen LogP contribution in [0.1, 0.15) is 0 Å². The number of pyridine rings is 2. The zero-order valence-corrected chi connectivity index (χ0v) is 23.2. The van der Waals surface area contributed by atoms with Gasteiger partial charge < -0.3 is 9.13 Å². The normalized spacial score (nSPS) is 11.6. The molecule has 0 spiro atoms. The van der Waals surface area contributed by atoms with E-state index in [4.69, 9.17) is 19.9 Å². The molecule has 8 aromatic rings. The van der Waals surface area contributed by atoms with Crippen molar-refractivity contribution in [3.05, 3.63) is 122 Å². The Hall–Kier alpha value is -5.62. The molecule has 0 radical (unpaired) electrons. The van der Waals surface area contributed by atoms with Crippen molar-refractivity contribution < 1.29 is 0 Å². The van der Waals surface area contributed by atoms with Crippen molar-refractivity contribution in [1.29, 1.82) is 0 Å². The molecule has 0 fully saturated rings. The lowest BCUT2D eigenvalue weighted by atomic mass is 9.92. The Kier molecular flexibility index (Phi) is 5.47. The Labute approximate surface area is 242 Å². The highest BCUT2D eigenvalue weighted by Gasteiger charge is 2.15. The van der Waals surface area contributed by atoms with Gasteiger partial charge in [0, 0.05) is 37.6 Å². The topological polar surface area (TPSA) is 61.4 Å². The average molecular weight is 543 g/mol. The van der Waals surface area contributed by atoms with Gasteiger partial charge in [-0.15, -0.1) is 0 Å². The Morgan fingerprint density at radius 1 is 0.476 bits per heavy atom. The zero-order valence-electron chi connectivity index (χ0n) is 23.2. The molecule has 0 unspecified atom stereocenters. The van der Waals surface area contributed by atoms with Crippen LogP contribution in [0.15, 0.2) is 122 Å². The fourth-order valence-corrected chi connectivity index (χ4v) is 5.94.